The van der Waals surface area contributed by atoms with Crippen LogP contribution in [0.4, 0.5) is 10.8 Å². The summed E-state index contributed by atoms with van der Waals surface area (Å²) in [4.78, 5) is 16.0. The first-order valence-corrected chi connectivity index (χ1v) is 12.6. The van der Waals surface area contributed by atoms with E-state index >= 15 is 0 Å². The van der Waals surface area contributed by atoms with Gasteiger partial charge in [-0.2, -0.15) is 0 Å². The number of phenolic OH excluding ortho intramolecular Hbond substituents is 8. The zero-order chi connectivity index (χ0) is 33.7. The highest BCUT2D eigenvalue weighted by Crippen LogP contribution is 2.54. The number of amides is 1. The number of nitrogens with zero attached hydrogens (tertiary/aromatic N) is 1. The molecule has 2 aromatic carbocycles. The Bertz CT molecular complexity index is 1550. The number of anilines is 2. The topological polar surface area (TPSA) is 372 Å². The largest absolute Gasteiger partial charge is 0.504 e. The molecular formula is C23H28N4O16S. The molecule has 3 aromatic rings. The molecule has 1 heterocycles. The number of hydrogen-bond acceptors (Lipinski definition) is 20. The molecule has 1 atom stereocenters. The summed E-state index contributed by atoms with van der Waals surface area (Å²) >= 11 is 0.720. The highest BCUT2D eigenvalue weighted by atomic mass is 32.1. The number of ether oxygens (including phenoxy) is 1. The van der Waals surface area contributed by atoms with Crippen molar-refractivity contribution in [3.8, 4) is 46.0 Å². The summed E-state index contributed by atoms with van der Waals surface area (Å²) in [6.45, 7) is -0.441. The van der Waals surface area contributed by atoms with Gasteiger partial charge >= 0.3 is 0 Å². The lowest BCUT2D eigenvalue weighted by Gasteiger charge is -2.35. The van der Waals surface area contributed by atoms with Gasteiger partial charge in [0.05, 0.1) is 6.54 Å². The maximum atomic E-state index is 12.5. The number of carbonyl (C=O) groups is 1. The zero-order valence-corrected chi connectivity index (χ0v) is 23.2. The second-order valence-electron chi connectivity index (χ2n) is 9.29. The van der Waals surface area contributed by atoms with E-state index in [-0.39, 0.29) is 5.13 Å². The number of aliphatic hydroxyl groups is 6. The number of hydrogen-bond donors (Lipinski definition) is 17. The third kappa shape index (κ3) is 5.69. The molecule has 0 bridgehead atoms. The molecule has 0 spiro atoms. The predicted molar refractivity (Wildman–Crippen MR) is 143 cm³/mol. The second kappa shape index (κ2) is 11.5. The molecule has 0 radical (unpaired) electrons. The van der Waals surface area contributed by atoms with Gasteiger partial charge in [0.1, 0.15) is 16.9 Å². The number of rotatable bonds is 10. The van der Waals surface area contributed by atoms with E-state index < -0.39 is 110 Å². The Hall–Kier alpha value is -4.58. The summed E-state index contributed by atoms with van der Waals surface area (Å²) in [6, 6.07) is 0. The molecule has 21 heteroatoms. The van der Waals surface area contributed by atoms with Gasteiger partial charge in [0.25, 0.3) is 17.6 Å². The van der Waals surface area contributed by atoms with Gasteiger partial charge in [-0.25, -0.2) is 4.98 Å². The number of aromatic hydroxyl groups is 8. The van der Waals surface area contributed by atoms with Crippen molar-refractivity contribution in [3.05, 3.63) is 27.8 Å². The average Bonchev–Trinajstić information content (AvgIpc) is 3.40. The summed E-state index contributed by atoms with van der Waals surface area (Å²) in [5, 5.41) is 148. The highest BCUT2D eigenvalue weighted by Gasteiger charge is 2.46. The summed E-state index contributed by atoms with van der Waals surface area (Å²) in [5.41, 5.74) is 0.858. The van der Waals surface area contributed by atoms with E-state index in [1.54, 1.807) is 10.6 Å². The van der Waals surface area contributed by atoms with Gasteiger partial charge in [-0.15, -0.1) is 11.3 Å². The minimum Gasteiger partial charge on any atom is -0.504 e. The minimum absolute atomic E-state index is 0.167. The van der Waals surface area contributed by atoms with Crippen molar-refractivity contribution in [1.82, 2.24) is 10.3 Å². The van der Waals surface area contributed by atoms with Crippen molar-refractivity contribution in [2.75, 3.05) is 24.7 Å². The quantitative estimate of drug-likeness (QED) is 0.0599. The standard InChI is InChI=1S/C23H28N4O16S/c1-5-7(11(29)17(35)16(34)10(5)28)18(43-2)23(41,42)25-4-21(37,38)8-12(30)14(32)9(15(33)13(8)31)27-19(36)22(39,40)6-3-44-20(24)26-6/h3,18,25,28-35,37-42H,4H2,1-2H3,(H2,24,26)(H,27,36). The fraction of sp³-hybridized carbons (Fsp3) is 0.304. The average molecular weight is 649 g/mol. The molecule has 0 aliphatic heterocycles. The summed E-state index contributed by atoms with van der Waals surface area (Å²) in [7, 11) is 0.857. The first kappa shape index (κ1) is 33.9. The molecule has 1 unspecified atom stereocenters. The van der Waals surface area contributed by atoms with E-state index in [2.05, 4.69) is 4.98 Å². The van der Waals surface area contributed by atoms with E-state index in [0.29, 0.717) is 0 Å². The fourth-order valence-electron chi connectivity index (χ4n) is 4.03. The first-order valence-electron chi connectivity index (χ1n) is 11.7. The van der Waals surface area contributed by atoms with Crippen LogP contribution in [0, 0.1) is 6.92 Å². The zero-order valence-electron chi connectivity index (χ0n) is 22.4. The molecule has 0 aliphatic rings. The van der Waals surface area contributed by atoms with Gasteiger partial charge in [0.15, 0.2) is 45.7 Å². The van der Waals surface area contributed by atoms with E-state index in [4.69, 9.17) is 10.5 Å². The second-order valence-corrected chi connectivity index (χ2v) is 10.2. The molecule has 0 aliphatic carbocycles. The van der Waals surface area contributed by atoms with Gasteiger partial charge in [0, 0.05) is 23.6 Å². The predicted octanol–water partition coefficient (Wildman–Crippen LogP) is -2.79. The Morgan fingerprint density at radius 3 is 1.89 bits per heavy atom. The Morgan fingerprint density at radius 1 is 0.886 bits per heavy atom. The third-order valence-corrected chi connectivity index (χ3v) is 7.05. The lowest BCUT2D eigenvalue weighted by molar-refractivity contribution is -0.271. The maximum Gasteiger partial charge on any atom is 0.291 e. The Labute approximate surface area is 248 Å². The van der Waals surface area contributed by atoms with Crippen LogP contribution in [0.5, 0.6) is 46.0 Å². The lowest BCUT2D eigenvalue weighted by atomic mass is 9.96. The molecule has 1 amide bonds. The number of carbonyl (C=O) groups excluding carboxylic acids is 1. The smallest absolute Gasteiger partial charge is 0.291 e. The van der Waals surface area contributed by atoms with Crippen LogP contribution in [-0.4, -0.2) is 102 Å². The number of nitrogens with one attached hydrogen (secondary N) is 2. The van der Waals surface area contributed by atoms with Crippen molar-refractivity contribution in [1.29, 1.82) is 0 Å². The highest BCUT2D eigenvalue weighted by molar-refractivity contribution is 7.13. The fourth-order valence-corrected chi connectivity index (χ4v) is 4.63. The van der Waals surface area contributed by atoms with E-state index in [1.165, 1.54) is 0 Å². The van der Waals surface area contributed by atoms with Crippen LogP contribution in [0.3, 0.4) is 0 Å². The van der Waals surface area contributed by atoms with Crippen molar-refractivity contribution >= 4 is 28.1 Å². The third-order valence-electron chi connectivity index (χ3n) is 6.38. The van der Waals surface area contributed by atoms with Crippen LogP contribution in [0.25, 0.3) is 0 Å². The van der Waals surface area contributed by atoms with Crippen LogP contribution in [0.1, 0.15) is 28.5 Å². The molecule has 20 nitrogen and oxygen atoms in total. The van der Waals surface area contributed by atoms with Crippen LogP contribution in [0.2, 0.25) is 0 Å². The molecule has 0 fully saturated rings. The number of phenols is 8. The van der Waals surface area contributed by atoms with Gasteiger partial charge in [0.2, 0.25) is 17.3 Å². The van der Waals surface area contributed by atoms with Gasteiger partial charge < -0.3 is 87.3 Å². The van der Waals surface area contributed by atoms with Crippen LogP contribution >= 0.6 is 11.3 Å². The number of nitrogen functional groups attached to an aromatic ring is 1. The number of methoxy groups -OCH3 is 1. The van der Waals surface area contributed by atoms with E-state index in [1.807, 2.05) is 0 Å². The van der Waals surface area contributed by atoms with Crippen molar-refractivity contribution in [2.24, 2.45) is 0 Å². The minimum atomic E-state index is -3.63. The number of nitrogens with two attached hydrogens (primary N) is 1. The van der Waals surface area contributed by atoms with E-state index in [0.717, 1.165) is 30.8 Å². The monoisotopic (exact) mass is 648 g/mol. The first-order chi connectivity index (χ1) is 20.1. The number of aromatic nitrogens is 1. The van der Waals surface area contributed by atoms with Crippen LogP contribution in [0.15, 0.2) is 5.38 Å². The number of thiazole rings is 1. The number of benzene rings is 2. The summed E-state index contributed by atoms with van der Waals surface area (Å²) < 4.78 is 4.92. The van der Waals surface area contributed by atoms with Crippen LogP contribution in [-0.2, 0) is 21.1 Å². The molecule has 1 aromatic heterocycles. The van der Waals surface area contributed by atoms with Crippen molar-refractivity contribution in [3.63, 3.8) is 0 Å². The molecule has 0 saturated carbocycles. The molecular weight excluding hydrogens is 620 g/mol. The summed E-state index contributed by atoms with van der Waals surface area (Å²) in [6.07, 6.45) is -2.18. The summed E-state index contributed by atoms with van der Waals surface area (Å²) in [5.74, 6) is -23.2. The van der Waals surface area contributed by atoms with E-state index in [9.17, 15) is 76.3 Å². The maximum absolute atomic E-state index is 12.5. The molecule has 0 saturated heterocycles. The molecule has 18 N–H and O–H groups in total. The Kier molecular flexibility index (Phi) is 8.86. The normalized spacial score (nSPS) is 13.2. The van der Waals surface area contributed by atoms with Gasteiger partial charge in [-0.05, 0) is 6.92 Å². The van der Waals surface area contributed by atoms with Gasteiger partial charge in [-0.1, -0.05) is 0 Å². The van der Waals surface area contributed by atoms with Crippen molar-refractivity contribution in [2.45, 2.75) is 30.5 Å². The Balaban J connectivity index is 1.95. The Morgan fingerprint density at radius 2 is 1.41 bits per heavy atom. The molecule has 242 valence electrons. The van der Waals surface area contributed by atoms with Gasteiger partial charge in [-0.3, -0.25) is 10.1 Å². The van der Waals surface area contributed by atoms with Crippen LogP contribution < -0.4 is 16.4 Å². The SMILES string of the molecule is COC(c1c(C)c(O)c(O)c(O)c1O)C(O)(O)NCC(O)(O)c1c(O)c(O)c(NC(=O)C(O)(O)c2csc(N)n2)c(O)c1O. The molecule has 3 rings (SSSR count). The molecule has 44 heavy (non-hydrogen) atoms. The lowest BCUT2D eigenvalue weighted by Crippen LogP contribution is -2.55. The van der Waals surface area contributed by atoms with Crippen molar-refractivity contribution < 1.29 is 81.0 Å².